The molecule has 5 nitrogen and oxygen atoms in total. The average molecular weight is 362 g/mol. The molecule has 0 saturated heterocycles. The third-order valence-electron chi connectivity index (χ3n) is 3.92. The molecular formula is C19H20ClNO4. The smallest absolute Gasteiger partial charge is 0.308 e. The highest BCUT2D eigenvalue weighted by Crippen LogP contribution is 2.24. The molecule has 0 bridgehead atoms. The summed E-state index contributed by atoms with van der Waals surface area (Å²) in [4.78, 5) is 23.8. The summed E-state index contributed by atoms with van der Waals surface area (Å²) in [5.74, 6) is -1.59. The van der Waals surface area contributed by atoms with Crippen molar-refractivity contribution in [2.24, 2.45) is 5.92 Å². The van der Waals surface area contributed by atoms with Crippen LogP contribution in [0.2, 0.25) is 5.02 Å². The summed E-state index contributed by atoms with van der Waals surface area (Å²) in [6, 6.07) is 15.2. The summed E-state index contributed by atoms with van der Waals surface area (Å²) in [7, 11) is 0. The fourth-order valence-corrected chi connectivity index (χ4v) is 2.31. The van der Waals surface area contributed by atoms with Crippen LogP contribution in [0.25, 0.3) is 0 Å². The molecule has 1 amide bonds. The number of rotatable bonds is 7. The van der Waals surface area contributed by atoms with Crippen molar-refractivity contribution in [1.82, 2.24) is 5.32 Å². The van der Waals surface area contributed by atoms with Crippen molar-refractivity contribution in [2.75, 3.05) is 0 Å². The van der Waals surface area contributed by atoms with Crippen LogP contribution in [0, 0.1) is 5.92 Å². The lowest BCUT2D eigenvalue weighted by atomic mass is 10.0. The molecule has 0 radical (unpaired) electrons. The number of nitrogens with one attached hydrogen (secondary N) is 1. The SMILES string of the molecule is CC(NC(=O)C(Oc1ccc(Cl)cc1)c1ccccc1)C(C)C(=O)O. The van der Waals surface area contributed by atoms with E-state index < -0.39 is 29.9 Å². The van der Waals surface area contributed by atoms with Gasteiger partial charge >= 0.3 is 5.97 Å². The van der Waals surface area contributed by atoms with Gasteiger partial charge in [-0.15, -0.1) is 0 Å². The summed E-state index contributed by atoms with van der Waals surface area (Å²) < 4.78 is 5.84. The number of aliphatic carboxylic acids is 1. The van der Waals surface area contributed by atoms with Crippen LogP contribution in [0.3, 0.4) is 0 Å². The van der Waals surface area contributed by atoms with Crippen LogP contribution >= 0.6 is 11.6 Å². The third kappa shape index (κ3) is 5.22. The second-order valence-corrected chi connectivity index (χ2v) is 6.22. The molecule has 0 aliphatic rings. The van der Waals surface area contributed by atoms with Crippen molar-refractivity contribution < 1.29 is 19.4 Å². The maximum absolute atomic E-state index is 12.7. The summed E-state index contributed by atoms with van der Waals surface area (Å²) in [6.45, 7) is 3.20. The molecule has 2 aromatic rings. The lowest BCUT2D eigenvalue weighted by Gasteiger charge is -2.23. The van der Waals surface area contributed by atoms with E-state index in [4.69, 9.17) is 21.4 Å². The normalized spacial score (nSPS) is 14.2. The van der Waals surface area contributed by atoms with E-state index in [1.165, 1.54) is 0 Å². The largest absolute Gasteiger partial charge is 0.481 e. The molecule has 25 heavy (non-hydrogen) atoms. The number of carbonyl (C=O) groups excluding carboxylic acids is 1. The van der Waals surface area contributed by atoms with Crippen LogP contribution in [0.1, 0.15) is 25.5 Å². The van der Waals surface area contributed by atoms with Gasteiger partial charge in [0.05, 0.1) is 5.92 Å². The molecule has 0 aromatic heterocycles. The highest BCUT2D eigenvalue weighted by Gasteiger charge is 2.27. The van der Waals surface area contributed by atoms with E-state index in [9.17, 15) is 9.59 Å². The number of hydrogen-bond acceptors (Lipinski definition) is 3. The predicted molar refractivity (Wildman–Crippen MR) is 95.7 cm³/mol. The van der Waals surface area contributed by atoms with Gasteiger partial charge in [0, 0.05) is 16.6 Å². The molecule has 0 heterocycles. The number of halogens is 1. The average Bonchev–Trinajstić information content (AvgIpc) is 2.61. The van der Waals surface area contributed by atoms with Gasteiger partial charge in [-0.2, -0.15) is 0 Å². The third-order valence-corrected chi connectivity index (χ3v) is 4.17. The zero-order chi connectivity index (χ0) is 18.4. The fraction of sp³-hybridized carbons (Fsp3) is 0.263. The first kappa shape index (κ1) is 18.8. The second-order valence-electron chi connectivity index (χ2n) is 5.79. The van der Waals surface area contributed by atoms with E-state index in [0.29, 0.717) is 16.3 Å². The molecule has 132 valence electrons. The van der Waals surface area contributed by atoms with Crippen molar-refractivity contribution in [2.45, 2.75) is 26.0 Å². The van der Waals surface area contributed by atoms with E-state index in [-0.39, 0.29) is 0 Å². The Balaban J connectivity index is 2.21. The molecule has 6 heteroatoms. The first-order valence-electron chi connectivity index (χ1n) is 7.89. The Bertz CT molecular complexity index is 718. The zero-order valence-electron chi connectivity index (χ0n) is 14.0. The second kappa shape index (κ2) is 8.53. The van der Waals surface area contributed by atoms with E-state index >= 15 is 0 Å². The Morgan fingerprint density at radius 3 is 2.20 bits per heavy atom. The Hall–Kier alpha value is -2.53. The summed E-state index contributed by atoms with van der Waals surface area (Å²) in [5.41, 5.74) is 0.671. The molecule has 0 spiro atoms. The van der Waals surface area contributed by atoms with Gasteiger partial charge in [-0.1, -0.05) is 41.9 Å². The summed E-state index contributed by atoms with van der Waals surface area (Å²) >= 11 is 5.87. The van der Waals surface area contributed by atoms with Crippen LogP contribution in [0.5, 0.6) is 5.75 Å². The van der Waals surface area contributed by atoms with Crippen LogP contribution in [0.4, 0.5) is 0 Å². The summed E-state index contributed by atoms with van der Waals surface area (Å²) in [6.07, 6.45) is -0.897. The molecule has 2 rings (SSSR count). The minimum absolute atomic E-state index is 0.401. The van der Waals surface area contributed by atoms with Crippen molar-refractivity contribution in [1.29, 1.82) is 0 Å². The van der Waals surface area contributed by atoms with Gasteiger partial charge in [0.25, 0.3) is 5.91 Å². The van der Waals surface area contributed by atoms with Gasteiger partial charge < -0.3 is 15.2 Å². The monoisotopic (exact) mass is 361 g/mol. The fourth-order valence-electron chi connectivity index (χ4n) is 2.19. The Labute approximate surface area is 151 Å². The number of ether oxygens (including phenoxy) is 1. The molecule has 3 atom stereocenters. The molecular weight excluding hydrogens is 342 g/mol. The van der Waals surface area contributed by atoms with Gasteiger partial charge in [0.2, 0.25) is 6.10 Å². The molecule has 2 N–H and O–H groups in total. The lowest BCUT2D eigenvalue weighted by molar-refractivity contribution is -0.142. The van der Waals surface area contributed by atoms with Crippen molar-refractivity contribution >= 4 is 23.5 Å². The van der Waals surface area contributed by atoms with Gasteiger partial charge in [-0.05, 0) is 38.1 Å². The number of benzene rings is 2. The molecule has 3 unspecified atom stereocenters. The first-order chi connectivity index (χ1) is 11.9. The number of carbonyl (C=O) groups is 2. The predicted octanol–water partition coefficient (Wildman–Crippen LogP) is 3.69. The van der Waals surface area contributed by atoms with Crippen LogP contribution in [-0.2, 0) is 9.59 Å². The number of carboxylic acids is 1. The van der Waals surface area contributed by atoms with E-state index in [1.807, 2.05) is 18.2 Å². The zero-order valence-corrected chi connectivity index (χ0v) is 14.7. The quantitative estimate of drug-likeness (QED) is 0.788. The number of carboxylic acid groups (broad SMARTS) is 1. The van der Waals surface area contributed by atoms with E-state index in [0.717, 1.165) is 0 Å². The van der Waals surface area contributed by atoms with Crippen LogP contribution in [-0.4, -0.2) is 23.0 Å². The summed E-state index contributed by atoms with van der Waals surface area (Å²) in [5, 5.41) is 12.4. The minimum atomic E-state index is -0.970. The van der Waals surface area contributed by atoms with Gasteiger partial charge in [-0.3, -0.25) is 9.59 Å². The molecule has 0 fully saturated rings. The molecule has 0 aliphatic carbocycles. The van der Waals surface area contributed by atoms with Crippen molar-refractivity contribution in [3.63, 3.8) is 0 Å². The highest BCUT2D eigenvalue weighted by molar-refractivity contribution is 6.30. The van der Waals surface area contributed by atoms with Gasteiger partial charge in [0.15, 0.2) is 0 Å². The van der Waals surface area contributed by atoms with Gasteiger partial charge in [0.1, 0.15) is 5.75 Å². The number of amides is 1. The van der Waals surface area contributed by atoms with E-state index in [1.54, 1.807) is 50.2 Å². The Morgan fingerprint density at radius 1 is 1.04 bits per heavy atom. The lowest BCUT2D eigenvalue weighted by Crippen LogP contribution is -2.43. The molecule has 0 saturated carbocycles. The number of hydrogen-bond donors (Lipinski definition) is 2. The maximum Gasteiger partial charge on any atom is 0.308 e. The maximum atomic E-state index is 12.7. The molecule has 2 aromatic carbocycles. The van der Waals surface area contributed by atoms with E-state index in [2.05, 4.69) is 5.32 Å². The topological polar surface area (TPSA) is 75.6 Å². The van der Waals surface area contributed by atoms with Crippen LogP contribution in [0.15, 0.2) is 54.6 Å². The standard InChI is InChI=1S/C19H20ClNO4/c1-12(19(23)24)13(2)21-18(22)17(14-6-4-3-5-7-14)25-16-10-8-15(20)9-11-16/h3-13,17H,1-2H3,(H,21,22)(H,23,24). The first-order valence-corrected chi connectivity index (χ1v) is 8.26. The van der Waals surface area contributed by atoms with Crippen LogP contribution < -0.4 is 10.1 Å². The Kier molecular flexibility index (Phi) is 6.42. The van der Waals surface area contributed by atoms with Crippen molar-refractivity contribution in [3.8, 4) is 5.75 Å². The Morgan fingerprint density at radius 2 is 1.64 bits per heavy atom. The van der Waals surface area contributed by atoms with Crippen molar-refractivity contribution in [3.05, 3.63) is 65.2 Å². The highest BCUT2D eigenvalue weighted by atomic mass is 35.5. The van der Waals surface area contributed by atoms with Gasteiger partial charge in [-0.25, -0.2) is 0 Å². The minimum Gasteiger partial charge on any atom is -0.481 e. The molecule has 0 aliphatic heterocycles.